The van der Waals surface area contributed by atoms with Gasteiger partial charge in [0.05, 0.1) is 19.3 Å². The average molecular weight is 503 g/mol. The van der Waals surface area contributed by atoms with Gasteiger partial charge in [0, 0.05) is 23.1 Å². The zero-order chi connectivity index (χ0) is 25.8. The molecule has 7 heteroatoms. The summed E-state index contributed by atoms with van der Waals surface area (Å²) in [6, 6.07) is 9.60. The molecule has 3 aromatic rings. The van der Waals surface area contributed by atoms with Gasteiger partial charge in [0.1, 0.15) is 11.6 Å². The van der Waals surface area contributed by atoms with Gasteiger partial charge in [-0.25, -0.2) is 22.0 Å². The predicted molar refractivity (Wildman–Crippen MR) is 129 cm³/mol. The van der Waals surface area contributed by atoms with E-state index >= 15 is 0 Å². The number of ether oxygens (including phenoxy) is 2. The maximum atomic E-state index is 15.0. The number of hydrogen-bond acceptors (Lipinski definition) is 2. The van der Waals surface area contributed by atoms with Gasteiger partial charge in [-0.05, 0) is 55.4 Å². The summed E-state index contributed by atoms with van der Waals surface area (Å²) < 4.78 is 84.9. The van der Waals surface area contributed by atoms with Crippen LogP contribution in [0.1, 0.15) is 42.4 Å². The summed E-state index contributed by atoms with van der Waals surface area (Å²) in [6.45, 7) is 6.08. The summed E-state index contributed by atoms with van der Waals surface area (Å²) in [6.07, 6.45) is 2.94. The van der Waals surface area contributed by atoms with Crippen molar-refractivity contribution in [3.8, 4) is 16.9 Å². The molecular weight excluding hydrogens is 475 g/mol. The number of hydrogen-bond donors (Lipinski definition) is 0. The van der Waals surface area contributed by atoms with Gasteiger partial charge in [-0.2, -0.15) is 0 Å². The molecule has 0 bridgehead atoms. The standard InChI is InChI=1S/C29H27F5O2/c1-3-20-10-8-19(16-36-20)22-13-14-24(29(34)27(22)32)23-12-9-18(26(31)28(23)33)6-5-17-7-11-21(35-4-2)15-25(17)30/h3,7,9,11-15,19-20H,1,4-6,8,10,16H2,2H3. The Balaban J connectivity index is 1.53. The second-order valence-corrected chi connectivity index (χ2v) is 8.80. The van der Waals surface area contributed by atoms with Crippen LogP contribution in [0, 0.1) is 29.1 Å². The van der Waals surface area contributed by atoms with E-state index in [1.165, 1.54) is 36.4 Å². The third-order valence-corrected chi connectivity index (χ3v) is 6.58. The van der Waals surface area contributed by atoms with Gasteiger partial charge in [-0.3, -0.25) is 0 Å². The highest BCUT2D eigenvalue weighted by Crippen LogP contribution is 2.36. The second kappa shape index (κ2) is 11.2. The molecule has 3 aromatic carbocycles. The molecule has 36 heavy (non-hydrogen) atoms. The molecule has 2 nitrogen and oxygen atoms in total. The highest BCUT2D eigenvalue weighted by molar-refractivity contribution is 5.66. The van der Waals surface area contributed by atoms with E-state index in [0.29, 0.717) is 30.8 Å². The lowest BCUT2D eigenvalue weighted by Gasteiger charge is -2.28. The van der Waals surface area contributed by atoms with Crippen molar-refractivity contribution in [3.05, 3.63) is 101 Å². The minimum Gasteiger partial charge on any atom is -0.494 e. The molecule has 2 unspecified atom stereocenters. The first-order valence-corrected chi connectivity index (χ1v) is 11.9. The van der Waals surface area contributed by atoms with Crippen molar-refractivity contribution in [1.29, 1.82) is 0 Å². The lowest BCUT2D eigenvalue weighted by molar-refractivity contribution is 0.0320. The molecule has 4 rings (SSSR count). The lowest BCUT2D eigenvalue weighted by Crippen LogP contribution is -2.23. The average Bonchev–Trinajstić information content (AvgIpc) is 2.88. The van der Waals surface area contributed by atoms with Gasteiger partial charge >= 0.3 is 0 Å². The van der Waals surface area contributed by atoms with Gasteiger partial charge in [-0.15, -0.1) is 6.58 Å². The Kier molecular flexibility index (Phi) is 8.09. The zero-order valence-electron chi connectivity index (χ0n) is 19.9. The Morgan fingerprint density at radius 1 is 0.861 bits per heavy atom. The van der Waals surface area contributed by atoms with E-state index < -0.39 is 29.1 Å². The third kappa shape index (κ3) is 5.31. The summed E-state index contributed by atoms with van der Waals surface area (Å²) >= 11 is 0. The van der Waals surface area contributed by atoms with E-state index in [1.807, 2.05) is 0 Å². The van der Waals surface area contributed by atoms with Gasteiger partial charge in [0.25, 0.3) is 0 Å². The van der Waals surface area contributed by atoms with Crippen LogP contribution in [-0.4, -0.2) is 19.3 Å². The van der Waals surface area contributed by atoms with Crippen LogP contribution in [0.5, 0.6) is 5.75 Å². The zero-order valence-corrected chi connectivity index (χ0v) is 19.9. The van der Waals surface area contributed by atoms with E-state index in [2.05, 4.69) is 6.58 Å². The Bertz CT molecular complexity index is 1250. The molecule has 0 aliphatic carbocycles. The van der Waals surface area contributed by atoms with Crippen LogP contribution >= 0.6 is 0 Å². The first kappa shape index (κ1) is 25.9. The van der Waals surface area contributed by atoms with Gasteiger partial charge < -0.3 is 9.47 Å². The smallest absolute Gasteiger partial charge is 0.167 e. The molecule has 1 heterocycles. The van der Waals surface area contributed by atoms with Crippen LogP contribution in [0.2, 0.25) is 0 Å². The molecule has 0 amide bonds. The number of rotatable bonds is 8. The van der Waals surface area contributed by atoms with Crippen LogP contribution in [0.15, 0.2) is 55.1 Å². The summed E-state index contributed by atoms with van der Waals surface area (Å²) in [5, 5.41) is 0. The Morgan fingerprint density at radius 3 is 2.17 bits per heavy atom. The van der Waals surface area contributed by atoms with Crippen molar-refractivity contribution in [1.82, 2.24) is 0 Å². The molecular formula is C29H27F5O2. The lowest BCUT2D eigenvalue weighted by atomic mass is 9.89. The summed E-state index contributed by atoms with van der Waals surface area (Å²) in [5.74, 6) is -5.22. The molecule has 0 saturated carbocycles. The number of aryl methyl sites for hydroxylation is 2. The normalized spacial score (nSPS) is 17.7. The van der Waals surface area contributed by atoms with E-state index in [9.17, 15) is 22.0 Å². The summed E-state index contributed by atoms with van der Waals surface area (Å²) in [4.78, 5) is 0. The second-order valence-electron chi connectivity index (χ2n) is 8.80. The molecule has 0 spiro atoms. The van der Waals surface area contributed by atoms with Gasteiger partial charge in [0.2, 0.25) is 0 Å². The molecule has 0 radical (unpaired) electrons. The van der Waals surface area contributed by atoms with Crippen LogP contribution in [0.25, 0.3) is 11.1 Å². The molecule has 2 atom stereocenters. The van der Waals surface area contributed by atoms with Crippen LogP contribution in [0.4, 0.5) is 22.0 Å². The van der Waals surface area contributed by atoms with E-state index in [1.54, 1.807) is 19.1 Å². The van der Waals surface area contributed by atoms with Crippen LogP contribution in [0.3, 0.4) is 0 Å². The predicted octanol–water partition coefficient (Wildman–Crippen LogP) is 7.68. The minimum atomic E-state index is -1.28. The fourth-order valence-corrected chi connectivity index (χ4v) is 4.54. The van der Waals surface area contributed by atoms with Crippen molar-refractivity contribution < 1.29 is 31.4 Å². The molecule has 1 saturated heterocycles. The van der Waals surface area contributed by atoms with Crippen LogP contribution in [-0.2, 0) is 17.6 Å². The molecule has 1 fully saturated rings. The molecule has 190 valence electrons. The quantitative estimate of drug-likeness (QED) is 0.232. The van der Waals surface area contributed by atoms with Gasteiger partial charge in [-0.1, -0.05) is 36.4 Å². The maximum absolute atomic E-state index is 15.0. The largest absolute Gasteiger partial charge is 0.494 e. The number of halogens is 5. The van der Waals surface area contributed by atoms with Crippen LogP contribution < -0.4 is 4.74 Å². The third-order valence-electron chi connectivity index (χ3n) is 6.58. The Labute approximate surface area is 207 Å². The highest BCUT2D eigenvalue weighted by Gasteiger charge is 2.27. The highest BCUT2D eigenvalue weighted by atomic mass is 19.2. The fourth-order valence-electron chi connectivity index (χ4n) is 4.54. The molecule has 1 aliphatic rings. The topological polar surface area (TPSA) is 18.5 Å². The van der Waals surface area contributed by atoms with E-state index in [0.717, 1.165) is 0 Å². The first-order valence-electron chi connectivity index (χ1n) is 11.9. The van der Waals surface area contributed by atoms with E-state index in [-0.39, 0.29) is 53.7 Å². The minimum absolute atomic E-state index is 0.0122. The number of benzene rings is 3. The van der Waals surface area contributed by atoms with E-state index in [4.69, 9.17) is 9.47 Å². The maximum Gasteiger partial charge on any atom is 0.167 e. The first-order chi connectivity index (χ1) is 17.3. The SMILES string of the molecule is C=CC1CCC(c2ccc(-c3ccc(CCc4ccc(OCC)cc4F)c(F)c3F)c(F)c2F)CO1. The van der Waals surface area contributed by atoms with Crippen molar-refractivity contribution in [2.75, 3.05) is 13.2 Å². The monoisotopic (exact) mass is 502 g/mol. The van der Waals surface area contributed by atoms with Crippen molar-refractivity contribution in [2.45, 2.75) is 44.6 Å². The van der Waals surface area contributed by atoms with Crippen molar-refractivity contribution in [2.24, 2.45) is 0 Å². The van der Waals surface area contributed by atoms with Gasteiger partial charge in [0.15, 0.2) is 23.3 Å². The summed E-state index contributed by atoms with van der Waals surface area (Å²) in [7, 11) is 0. The van der Waals surface area contributed by atoms with Crippen molar-refractivity contribution >= 4 is 0 Å². The molecule has 0 N–H and O–H groups in total. The summed E-state index contributed by atoms with van der Waals surface area (Å²) in [5.41, 5.74) is -0.250. The molecule has 0 aromatic heterocycles. The Morgan fingerprint density at radius 2 is 1.53 bits per heavy atom. The molecule has 1 aliphatic heterocycles. The van der Waals surface area contributed by atoms with Crippen molar-refractivity contribution in [3.63, 3.8) is 0 Å². The fraction of sp³-hybridized carbons (Fsp3) is 0.310. The Hall–Kier alpha value is -3.19.